The molecule has 0 aliphatic carbocycles. The molecule has 2 heterocycles. The van der Waals surface area contributed by atoms with Gasteiger partial charge in [0.15, 0.2) is 5.11 Å². The van der Waals surface area contributed by atoms with Crippen LogP contribution in [0.25, 0.3) is 6.08 Å². The second-order valence-corrected chi connectivity index (χ2v) is 7.73. The SMILES string of the molecule is Cc1cccc(N2C(=O)/C(=C\c3ccc(COc4ccccc4Br)o3)NC2=S)c1. The minimum absolute atomic E-state index is 0.219. The normalized spacial score (nSPS) is 15.1. The summed E-state index contributed by atoms with van der Waals surface area (Å²) in [6.45, 7) is 2.25. The molecule has 1 saturated heterocycles. The molecule has 5 nitrogen and oxygen atoms in total. The van der Waals surface area contributed by atoms with Crippen LogP contribution in [0.1, 0.15) is 17.1 Å². The highest BCUT2D eigenvalue weighted by atomic mass is 79.9. The molecule has 1 N–H and O–H groups in total. The van der Waals surface area contributed by atoms with Gasteiger partial charge < -0.3 is 14.5 Å². The van der Waals surface area contributed by atoms with E-state index in [1.165, 1.54) is 4.90 Å². The Morgan fingerprint density at radius 2 is 2.00 bits per heavy atom. The number of para-hydroxylation sites is 1. The maximum Gasteiger partial charge on any atom is 0.281 e. The first kappa shape index (κ1) is 19.4. The van der Waals surface area contributed by atoms with Gasteiger partial charge in [-0.2, -0.15) is 0 Å². The maximum atomic E-state index is 12.8. The number of anilines is 1. The van der Waals surface area contributed by atoms with Crippen molar-refractivity contribution in [2.75, 3.05) is 4.90 Å². The molecular weight excluding hydrogens is 452 g/mol. The van der Waals surface area contributed by atoms with Gasteiger partial charge in [0.2, 0.25) is 0 Å². The van der Waals surface area contributed by atoms with Crippen LogP contribution in [0.4, 0.5) is 5.69 Å². The van der Waals surface area contributed by atoms with Gasteiger partial charge in [0, 0.05) is 6.08 Å². The van der Waals surface area contributed by atoms with Gasteiger partial charge >= 0.3 is 0 Å². The van der Waals surface area contributed by atoms with E-state index in [1.54, 1.807) is 12.1 Å². The highest BCUT2D eigenvalue weighted by molar-refractivity contribution is 9.10. The summed E-state index contributed by atoms with van der Waals surface area (Å²) in [4.78, 5) is 14.3. The number of amides is 1. The number of carbonyl (C=O) groups is 1. The van der Waals surface area contributed by atoms with Crippen LogP contribution >= 0.6 is 28.1 Å². The molecule has 0 bridgehead atoms. The molecule has 0 radical (unpaired) electrons. The van der Waals surface area contributed by atoms with Crippen molar-refractivity contribution in [1.82, 2.24) is 5.32 Å². The fourth-order valence-electron chi connectivity index (χ4n) is 2.94. The molecule has 1 aliphatic rings. The summed E-state index contributed by atoms with van der Waals surface area (Å²) in [7, 11) is 0. The Hall–Kier alpha value is -2.90. The summed E-state index contributed by atoms with van der Waals surface area (Å²) in [5, 5.41) is 3.31. The van der Waals surface area contributed by atoms with E-state index in [-0.39, 0.29) is 12.5 Å². The molecule has 7 heteroatoms. The van der Waals surface area contributed by atoms with Crippen molar-refractivity contribution in [3.05, 3.63) is 87.9 Å². The second kappa shape index (κ2) is 8.23. The Morgan fingerprint density at radius 3 is 2.79 bits per heavy atom. The van der Waals surface area contributed by atoms with Gasteiger partial charge in [-0.1, -0.05) is 24.3 Å². The van der Waals surface area contributed by atoms with Crippen LogP contribution in [0.3, 0.4) is 0 Å². The third-order valence-electron chi connectivity index (χ3n) is 4.31. The molecule has 4 rings (SSSR count). The van der Waals surface area contributed by atoms with Crippen molar-refractivity contribution < 1.29 is 13.9 Å². The zero-order valence-corrected chi connectivity index (χ0v) is 17.9. The number of hydrogen-bond acceptors (Lipinski definition) is 4. The number of halogens is 1. The number of furan rings is 1. The average Bonchev–Trinajstić information content (AvgIpc) is 3.25. The molecule has 29 heavy (non-hydrogen) atoms. The fraction of sp³-hybridized carbons (Fsp3) is 0.0909. The molecule has 3 aromatic rings. The summed E-state index contributed by atoms with van der Waals surface area (Å²) < 4.78 is 12.4. The Balaban J connectivity index is 1.48. The monoisotopic (exact) mass is 468 g/mol. The predicted octanol–water partition coefficient (Wildman–Crippen LogP) is 5.19. The Labute approximate surface area is 182 Å². The van der Waals surface area contributed by atoms with Crippen molar-refractivity contribution in [2.45, 2.75) is 13.5 Å². The molecule has 0 saturated carbocycles. The number of nitrogens with one attached hydrogen (secondary N) is 1. The maximum absolute atomic E-state index is 12.8. The van der Waals surface area contributed by atoms with Gasteiger partial charge in [-0.15, -0.1) is 0 Å². The minimum atomic E-state index is -0.219. The van der Waals surface area contributed by atoms with Crippen LogP contribution in [0.15, 0.2) is 75.3 Å². The topological polar surface area (TPSA) is 54.7 Å². The molecule has 0 unspecified atom stereocenters. The van der Waals surface area contributed by atoms with Crippen LogP contribution in [0.5, 0.6) is 5.75 Å². The molecule has 1 fully saturated rings. The van der Waals surface area contributed by atoms with Crippen molar-refractivity contribution in [3.63, 3.8) is 0 Å². The van der Waals surface area contributed by atoms with E-state index in [0.717, 1.165) is 21.5 Å². The van der Waals surface area contributed by atoms with Gasteiger partial charge in [0.1, 0.15) is 29.6 Å². The van der Waals surface area contributed by atoms with Gasteiger partial charge in [0.05, 0.1) is 10.2 Å². The number of benzene rings is 2. The number of rotatable bonds is 5. The van der Waals surface area contributed by atoms with Crippen LogP contribution in [-0.2, 0) is 11.4 Å². The number of thiocarbonyl (C=S) groups is 1. The van der Waals surface area contributed by atoms with E-state index in [2.05, 4.69) is 21.2 Å². The van der Waals surface area contributed by atoms with E-state index in [0.29, 0.717) is 22.3 Å². The van der Waals surface area contributed by atoms with Crippen LogP contribution in [-0.4, -0.2) is 11.0 Å². The van der Waals surface area contributed by atoms with Gasteiger partial charge in [-0.05, 0) is 77.0 Å². The number of nitrogens with zero attached hydrogens (tertiary/aromatic N) is 1. The molecule has 1 amide bonds. The van der Waals surface area contributed by atoms with Gasteiger partial charge in [-0.3, -0.25) is 9.69 Å². The molecular formula is C22H17BrN2O3S. The van der Waals surface area contributed by atoms with Crippen molar-refractivity contribution in [1.29, 1.82) is 0 Å². The van der Waals surface area contributed by atoms with E-state index >= 15 is 0 Å². The number of carbonyl (C=O) groups excluding carboxylic acids is 1. The first-order valence-corrected chi connectivity index (χ1v) is 10.1. The molecule has 146 valence electrons. The zero-order valence-electron chi connectivity index (χ0n) is 15.5. The Bertz CT molecular complexity index is 1120. The highest BCUT2D eigenvalue weighted by Crippen LogP contribution is 2.26. The lowest BCUT2D eigenvalue weighted by atomic mass is 10.2. The molecule has 0 spiro atoms. The summed E-state index contributed by atoms with van der Waals surface area (Å²) in [5.41, 5.74) is 2.15. The third-order valence-corrected chi connectivity index (χ3v) is 5.25. The summed E-state index contributed by atoms with van der Waals surface area (Å²) >= 11 is 8.79. The van der Waals surface area contributed by atoms with Crippen LogP contribution in [0, 0.1) is 6.92 Å². The van der Waals surface area contributed by atoms with Gasteiger partial charge in [0.25, 0.3) is 5.91 Å². The van der Waals surface area contributed by atoms with Crippen LogP contribution in [0.2, 0.25) is 0 Å². The van der Waals surface area contributed by atoms with Crippen LogP contribution < -0.4 is 15.0 Å². The molecule has 2 aromatic carbocycles. The lowest BCUT2D eigenvalue weighted by molar-refractivity contribution is -0.113. The van der Waals surface area contributed by atoms with Gasteiger partial charge in [-0.25, -0.2) is 0 Å². The predicted molar refractivity (Wildman–Crippen MR) is 120 cm³/mol. The van der Waals surface area contributed by atoms with E-state index in [1.807, 2.05) is 61.5 Å². The Morgan fingerprint density at radius 1 is 1.17 bits per heavy atom. The molecule has 0 atom stereocenters. The largest absolute Gasteiger partial charge is 0.484 e. The quantitative estimate of drug-likeness (QED) is 0.412. The molecule has 1 aliphatic heterocycles. The summed E-state index contributed by atoms with van der Waals surface area (Å²) in [6, 6.07) is 18.8. The smallest absolute Gasteiger partial charge is 0.281 e. The third kappa shape index (κ3) is 4.26. The highest BCUT2D eigenvalue weighted by Gasteiger charge is 2.32. The molecule has 1 aromatic heterocycles. The lowest BCUT2D eigenvalue weighted by Gasteiger charge is -2.14. The first-order valence-electron chi connectivity index (χ1n) is 8.91. The zero-order chi connectivity index (χ0) is 20.4. The standard InChI is InChI=1S/C22H17BrN2O3S/c1-14-5-4-6-15(11-14)25-21(26)19(24-22(25)29)12-16-9-10-17(28-16)13-27-20-8-3-2-7-18(20)23/h2-12H,13H2,1H3,(H,24,29)/b19-12+. The first-order chi connectivity index (χ1) is 14.0. The fourth-order valence-corrected chi connectivity index (χ4v) is 3.64. The van der Waals surface area contributed by atoms with Crippen molar-refractivity contribution in [2.24, 2.45) is 0 Å². The van der Waals surface area contributed by atoms with E-state index < -0.39 is 0 Å². The van der Waals surface area contributed by atoms with E-state index in [9.17, 15) is 4.79 Å². The second-order valence-electron chi connectivity index (χ2n) is 6.49. The summed E-state index contributed by atoms with van der Waals surface area (Å²) in [5.74, 6) is 1.70. The Kier molecular flexibility index (Phi) is 5.51. The van der Waals surface area contributed by atoms with E-state index in [4.69, 9.17) is 21.4 Å². The number of ether oxygens (including phenoxy) is 1. The van der Waals surface area contributed by atoms with Crippen molar-refractivity contribution >= 4 is 50.9 Å². The lowest BCUT2D eigenvalue weighted by Crippen LogP contribution is -2.30. The van der Waals surface area contributed by atoms with Crippen molar-refractivity contribution in [3.8, 4) is 5.75 Å². The number of hydrogen-bond donors (Lipinski definition) is 1. The average molecular weight is 469 g/mol. The minimum Gasteiger partial charge on any atom is -0.484 e. The number of aryl methyl sites for hydroxylation is 1. The summed E-state index contributed by atoms with van der Waals surface area (Å²) in [6.07, 6.45) is 1.65.